The molecule has 8 nitrogen and oxygen atoms in total. The molecule has 2 heterocycles. The summed E-state index contributed by atoms with van der Waals surface area (Å²) in [5, 5.41) is 9.14. The Kier molecular flexibility index (Phi) is 9.57. The summed E-state index contributed by atoms with van der Waals surface area (Å²) in [5.41, 5.74) is 0.871. The number of amides is 1. The van der Waals surface area contributed by atoms with Gasteiger partial charge in [-0.15, -0.1) is 0 Å². The van der Waals surface area contributed by atoms with Crippen molar-refractivity contribution in [2.24, 2.45) is 10.9 Å². The molecule has 1 aromatic heterocycles. The Morgan fingerprint density at radius 2 is 2.22 bits per heavy atom. The van der Waals surface area contributed by atoms with Gasteiger partial charge in [0.15, 0.2) is 5.96 Å². The van der Waals surface area contributed by atoms with Crippen LogP contribution >= 0.6 is 0 Å². The van der Waals surface area contributed by atoms with Crippen LogP contribution in [-0.2, 0) is 14.3 Å². The number of aryl methyl sites for hydroxylation is 1. The van der Waals surface area contributed by atoms with Gasteiger partial charge in [-0.1, -0.05) is 6.07 Å². The Hall–Kier alpha value is -2.19. The van der Waals surface area contributed by atoms with E-state index in [4.69, 9.17) is 9.47 Å². The van der Waals surface area contributed by atoms with Crippen molar-refractivity contribution >= 4 is 17.7 Å². The highest BCUT2D eigenvalue weighted by molar-refractivity contribution is 5.90. The number of nitrogens with one attached hydrogen (secondary N) is 3. The molecule has 1 atom stereocenters. The number of anilines is 1. The minimum Gasteiger partial charge on any atom is -0.381 e. The highest BCUT2D eigenvalue weighted by Crippen LogP contribution is 2.12. The molecule has 1 aliphatic heterocycles. The molecule has 0 spiro atoms. The second-order valence-corrected chi connectivity index (χ2v) is 6.55. The van der Waals surface area contributed by atoms with Gasteiger partial charge in [0.2, 0.25) is 5.91 Å². The number of ether oxygens (including phenoxy) is 2. The number of pyridine rings is 1. The lowest BCUT2D eigenvalue weighted by Gasteiger charge is -2.12. The van der Waals surface area contributed by atoms with Crippen LogP contribution in [0, 0.1) is 12.8 Å². The molecule has 0 bridgehead atoms. The van der Waals surface area contributed by atoms with E-state index in [0.717, 1.165) is 44.9 Å². The zero-order chi connectivity index (χ0) is 19.3. The standard InChI is InChI=1S/C19H31N5O3/c1-15-5-3-6-17(23-15)24-18(25)7-10-22-19(20-2)21-9-4-11-26-13-16-8-12-27-14-16/h3,5-6,16H,4,7-14H2,1-2H3,(H2,20,21,22)(H,23,24,25). The summed E-state index contributed by atoms with van der Waals surface area (Å²) in [6.45, 7) is 6.32. The monoisotopic (exact) mass is 377 g/mol. The van der Waals surface area contributed by atoms with Crippen molar-refractivity contribution in [2.45, 2.75) is 26.2 Å². The maximum Gasteiger partial charge on any atom is 0.227 e. The zero-order valence-electron chi connectivity index (χ0n) is 16.3. The fraction of sp³-hybridized carbons (Fsp3) is 0.632. The molecule has 0 radical (unpaired) electrons. The number of carbonyl (C=O) groups excluding carboxylic acids is 1. The lowest BCUT2D eigenvalue weighted by molar-refractivity contribution is -0.116. The van der Waals surface area contributed by atoms with Crippen LogP contribution in [0.15, 0.2) is 23.2 Å². The lowest BCUT2D eigenvalue weighted by Crippen LogP contribution is -2.39. The van der Waals surface area contributed by atoms with Crippen molar-refractivity contribution in [3.63, 3.8) is 0 Å². The van der Waals surface area contributed by atoms with E-state index in [0.29, 0.717) is 37.3 Å². The predicted molar refractivity (Wildman–Crippen MR) is 106 cm³/mol. The molecule has 27 heavy (non-hydrogen) atoms. The highest BCUT2D eigenvalue weighted by Gasteiger charge is 2.15. The summed E-state index contributed by atoms with van der Waals surface area (Å²) in [7, 11) is 1.71. The predicted octanol–water partition coefficient (Wildman–Crippen LogP) is 1.33. The van der Waals surface area contributed by atoms with Crippen LogP contribution < -0.4 is 16.0 Å². The van der Waals surface area contributed by atoms with Gasteiger partial charge in [-0.05, 0) is 31.9 Å². The van der Waals surface area contributed by atoms with Crippen LogP contribution in [-0.4, -0.2) is 63.4 Å². The second-order valence-electron chi connectivity index (χ2n) is 6.55. The van der Waals surface area contributed by atoms with E-state index in [1.165, 1.54) is 0 Å². The minimum absolute atomic E-state index is 0.0830. The zero-order valence-corrected chi connectivity index (χ0v) is 16.3. The van der Waals surface area contributed by atoms with Crippen molar-refractivity contribution in [2.75, 3.05) is 51.9 Å². The third kappa shape index (κ3) is 8.83. The molecule has 1 unspecified atom stereocenters. The Morgan fingerprint density at radius 3 is 2.96 bits per heavy atom. The fourth-order valence-electron chi connectivity index (χ4n) is 2.68. The number of aromatic nitrogens is 1. The van der Waals surface area contributed by atoms with E-state index in [1.807, 2.05) is 19.1 Å². The van der Waals surface area contributed by atoms with E-state index < -0.39 is 0 Å². The smallest absolute Gasteiger partial charge is 0.227 e. The first-order valence-corrected chi connectivity index (χ1v) is 9.51. The summed E-state index contributed by atoms with van der Waals surface area (Å²) in [6, 6.07) is 5.54. The van der Waals surface area contributed by atoms with E-state index in [-0.39, 0.29) is 5.91 Å². The van der Waals surface area contributed by atoms with Gasteiger partial charge in [-0.25, -0.2) is 4.98 Å². The van der Waals surface area contributed by atoms with Crippen LogP contribution in [0.2, 0.25) is 0 Å². The van der Waals surface area contributed by atoms with E-state index >= 15 is 0 Å². The van der Waals surface area contributed by atoms with Crippen LogP contribution in [0.4, 0.5) is 5.82 Å². The van der Waals surface area contributed by atoms with Crippen molar-refractivity contribution < 1.29 is 14.3 Å². The van der Waals surface area contributed by atoms with E-state index in [2.05, 4.69) is 25.9 Å². The SMILES string of the molecule is CN=C(NCCCOCC1CCOC1)NCCC(=O)Nc1cccc(C)n1. The normalized spacial score (nSPS) is 17.0. The van der Waals surface area contributed by atoms with Gasteiger partial charge in [-0.3, -0.25) is 9.79 Å². The Bertz CT molecular complexity index is 603. The Morgan fingerprint density at radius 1 is 1.37 bits per heavy atom. The molecular formula is C19H31N5O3. The summed E-state index contributed by atoms with van der Waals surface area (Å²) in [6.07, 6.45) is 2.33. The summed E-state index contributed by atoms with van der Waals surface area (Å²) >= 11 is 0. The summed E-state index contributed by atoms with van der Waals surface area (Å²) in [5.74, 6) is 1.72. The van der Waals surface area contributed by atoms with E-state index in [1.54, 1.807) is 13.1 Å². The van der Waals surface area contributed by atoms with Crippen LogP contribution in [0.1, 0.15) is 25.0 Å². The van der Waals surface area contributed by atoms with E-state index in [9.17, 15) is 4.79 Å². The third-order valence-electron chi connectivity index (χ3n) is 4.16. The molecule has 1 aliphatic rings. The molecule has 1 amide bonds. The second kappa shape index (κ2) is 12.2. The van der Waals surface area contributed by atoms with Crippen molar-refractivity contribution in [1.29, 1.82) is 0 Å². The van der Waals surface area contributed by atoms with Crippen molar-refractivity contribution in [3.05, 3.63) is 23.9 Å². The molecule has 150 valence electrons. The first kappa shape index (κ1) is 21.1. The third-order valence-corrected chi connectivity index (χ3v) is 4.16. The molecule has 0 aromatic carbocycles. The number of hydrogen-bond acceptors (Lipinski definition) is 5. The molecule has 8 heteroatoms. The van der Waals surface area contributed by atoms with Gasteiger partial charge >= 0.3 is 0 Å². The number of nitrogens with zero attached hydrogens (tertiary/aromatic N) is 2. The number of guanidine groups is 1. The van der Waals surface area contributed by atoms with Crippen molar-refractivity contribution in [1.82, 2.24) is 15.6 Å². The number of carbonyl (C=O) groups is 1. The molecule has 1 aromatic rings. The van der Waals surface area contributed by atoms with Crippen LogP contribution in [0.3, 0.4) is 0 Å². The largest absolute Gasteiger partial charge is 0.381 e. The number of hydrogen-bond donors (Lipinski definition) is 3. The molecule has 1 fully saturated rings. The first-order valence-electron chi connectivity index (χ1n) is 9.51. The first-order chi connectivity index (χ1) is 13.2. The van der Waals surface area contributed by atoms with Crippen molar-refractivity contribution in [3.8, 4) is 0 Å². The average molecular weight is 377 g/mol. The Balaban J connectivity index is 1.51. The van der Waals surface area contributed by atoms with Gasteiger partial charge in [0.25, 0.3) is 0 Å². The topological polar surface area (TPSA) is 96.9 Å². The molecule has 3 N–H and O–H groups in total. The summed E-state index contributed by atoms with van der Waals surface area (Å²) < 4.78 is 11.0. The maximum absolute atomic E-state index is 12.0. The number of aliphatic imine (C=N–C) groups is 1. The highest BCUT2D eigenvalue weighted by atomic mass is 16.5. The summed E-state index contributed by atoms with van der Waals surface area (Å²) in [4.78, 5) is 20.4. The van der Waals surface area contributed by atoms with Gasteiger partial charge in [-0.2, -0.15) is 0 Å². The molecule has 0 aliphatic carbocycles. The Labute approximate surface area is 161 Å². The molecule has 1 saturated heterocycles. The molecule has 0 saturated carbocycles. The van der Waals surface area contributed by atoms with Crippen LogP contribution in [0.25, 0.3) is 0 Å². The quantitative estimate of drug-likeness (QED) is 0.323. The van der Waals surface area contributed by atoms with Gasteiger partial charge in [0, 0.05) is 51.4 Å². The average Bonchev–Trinajstić information content (AvgIpc) is 3.16. The lowest BCUT2D eigenvalue weighted by atomic mass is 10.1. The van der Waals surface area contributed by atoms with Gasteiger partial charge in [0.05, 0.1) is 13.2 Å². The minimum atomic E-state index is -0.0830. The van der Waals surface area contributed by atoms with Gasteiger partial charge < -0.3 is 25.4 Å². The maximum atomic E-state index is 12.0. The molecule has 2 rings (SSSR count). The van der Waals surface area contributed by atoms with Gasteiger partial charge in [0.1, 0.15) is 5.82 Å². The number of rotatable bonds is 10. The fourth-order valence-corrected chi connectivity index (χ4v) is 2.68. The molecular weight excluding hydrogens is 346 g/mol. The van der Waals surface area contributed by atoms with Crippen LogP contribution in [0.5, 0.6) is 0 Å².